The number of carbonyl (C=O) groups excluding carboxylic acids is 3. The number of nitrogens with one attached hydrogen (secondary N) is 1. The van der Waals surface area contributed by atoms with Gasteiger partial charge in [0.2, 0.25) is 18.2 Å². The van der Waals surface area contributed by atoms with E-state index in [0.29, 0.717) is 35.5 Å². The van der Waals surface area contributed by atoms with Crippen molar-refractivity contribution in [1.82, 2.24) is 10.2 Å². The molecule has 3 amide bonds. The summed E-state index contributed by atoms with van der Waals surface area (Å²) in [5.74, 6) is -0.818. The normalized spacial score (nSPS) is 17.6. The van der Waals surface area contributed by atoms with Gasteiger partial charge in [-0.2, -0.15) is 0 Å². The zero-order valence-corrected chi connectivity index (χ0v) is 12.1. The minimum Gasteiger partial charge on any atom is -0.366 e. The predicted octanol–water partition coefficient (Wildman–Crippen LogP) is 0.676. The molecule has 0 saturated carbocycles. The van der Waals surface area contributed by atoms with Crippen molar-refractivity contribution in [2.75, 3.05) is 6.54 Å². The van der Waals surface area contributed by atoms with Crippen LogP contribution in [0.1, 0.15) is 28.8 Å². The molecule has 21 heavy (non-hydrogen) atoms. The van der Waals surface area contributed by atoms with E-state index in [0.717, 1.165) is 6.42 Å². The lowest BCUT2D eigenvalue weighted by Gasteiger charge is -2.19. The summed E-state index contributed by atoms with van der Waals surface area (Å²) in [5, 5.41) is 3.18. The Kier molecular flexibility index (Phi) is 4.80. The fraction of sp³-hybridized carbons (Fsp3) is 0.357. The molecule has 3 N–H and O–H groups in total. The van der Waals surface area contributed by atoms with Gasteiger partial charge in [0.15, 0.2) is 0 Å². The molecule has 0 radical (unpaired) electrons. The Labute approximate surface area is 127 Å². The van der Waals surface area contributed by atoms with Crippen LogP contribution in [0.3, 0.4) is 0 Å². The second kappa shape index (κ2) is 6.58. The molecule has 1 aliphatic rings. The van der Waals surface area contributed by atoms with Gasteiger partial charge in [-0.05, 0) is 36.6 Å². The molecule has 1 atom stereocenters. The van der Waals surface area contributed by atoms with Crippen LogP contribution >= 0.6 is 11.6 Å². The molecular weight excluding hydrogens is 294 g/mol. The summed E-state index contributed by atoms with van der Waals surface area (Å²) in [6, 6.07) is 4.24. The van der Waals surface area contributed by atoms with E-state index in [2.05, 4.69) is 5.32 Å². The van der Waals surface area contributed by atoms with Gasteiger partial charge >= 0.3 is 0 Å². The quantitative estimate of drug-likeness (QED) is 0.783. The van der Waals surface area contributed by atoms with E-state index in [-0.39, 0.29) is 12.5 Å². The van der Waals surface area contributed by atoms with E-state index in [9.17, 15) is 14.4 Å². The summed E-state index contributed by atoms with van der Waals surface area (Å²) in [6.45, 7) is 0.728. The first-order valence-corrected chi connectivity index (χ1v) is 6.97. The molecule has 1 aromatic carbocycles. The number of hydrogen-bond acceptors (Lipinski definition) is 3. The molecule has 0 aromatic heterocycles. The molecule has 1 unspecified atom stereocenters. The van der Waals surface area contributed by atoms with Crippen LogP contribution in [-0.4, -0.2) is 35.7 Å². The summed E-state index contributed by atoms with van der Waals surface area (Å²) in [5.41, 5.74) is 6.16. The third-order valence-electron chi connectivity index (χ3n) is 3.52. The van der Waals surface area contributed by atoms with E-state index in [1.54, 1.807) is 12.1 Å². The summed E-state index contributed by atoms with van der Waals surface area (Å²) < 4.78 is 0. The second-order valence-electron chi connectivity index (χ2n) is 4.88. The lowest BCUT2D eigenvalue weighted by molar-refractivity contribution is -0.131. The monoisotopic (exact) mass is 309 g/mol. The van der Waals surface area contributed by atoms with Crippen molar-refractivity contribution in [3.05, 3.63) is 34.3 Å². The van der Waals surface area contributed by atoms with Crippen LogP contribution in [0.4, 0.5) is 0 Å². The molecule has 2 rings (SSSR count). The van der Waals surface area contributed by atoms with Crippen molar-refractivity contribution in [2.24, 2.45) is 5.73 Å². The van der Waals surface area contributed by atoms with E-state index in [4.69, 9.17) is 17.3 Å². The van der Waals surface area contributed by atoms with Gasteiger partial charge in [0.1, 0.15) is 6.04 Å². The van der Waals surface area contributed by atoms with Gasteiger partial charge in [-0.3, -0.25) is 14.4 Å². The molecule has 1 aliphatic heterocycles. The highest BCUT2D eigenvalue weighted by atomic mass is 35.5. The minimum absolute atomic E-state index is 0.140. The summed E-state index contributed by atoms with van der Waals surface area (Å²) in [6.07, 6.45) is 2.13. The number of nitrogens with zero attached hydrogens (tertiary/aromatic N) is 1. The van der Waals surface area contributed by atoms with Gasteiger partial charge in [0.25, 0.3) is 0 Å². The highest BCUT2D eigenvalue weighted by Gasteiger charge is 2.29. The van der Waals surface area contributed by atoms with Crippen molar-refractivity contribution < 1.29 is 14.4 Å². The number of carbonyl (C=O) groups is 3. The number of hydrogen-bond donors (Lipinski definition) is 2. The molecule has 1 saturated heterocycles. The van der Waals surface area contributed by atoms with Gasteiger partial charge in [-0.15, -0.1) is 0 Å². The Morgan fingerprint density at radius 2 is 2.24 bits per heavy atom. The number of rotatable bonds is 5. The average molecular weight is 310 g/mol. The number of nitrogens with two attached hydrogens (primary N) is 1. The van der Waals surface area contributed by atoms with Gasteiger partial charge < -0.3 is 16.0 Å². The Morgan fingerprint density at radius 1 is 1.48 bits per heavy atom. The average Bonchev–Trinajstić information content (AvgIpc) is 2.93. The minimum atomic E-state index is -0.577. The molecular formula is C14H16ClN3O3. The summed E-state index contributed by atoms with van der Waals surface area (Å²) in [4.78, 5) is 35.8. The lowest BCUT2D eigenvalue weighted by atomic mass is 10.1. The van der Waals surface area contributed by atoms with Crippen LogP contribution in [0.15, 0.2) is 18.2 Å². The van der Waals surface area contributed by atoms with Crippen LogP contribution in [0, 0.1) is 0 Å². The molecule has 6 nitrogen and oxygen atoms in total. The van der Waals surface area contributed by atoms with E-state index < -0.39 is 11.9 Å². The fourth-order valence-electron chi connectivity index (χ4n) is 2.45. The summed E-state index contributed by atoms with van der Waals surface area (Å²) >= 11 is 5.89. The molecule has 1 heterocycles. The van der Waals surface area contributed by atoms with Crippen LogP contribution in [0.2, 0.25) is 5.02 Å². The third-order valence-corrected chi connectivity index (χ3v) is 3.75. The first-order chi connectivity index (χ1) is 10.0. The highest BCUT2D eigenvalue weighted by Crippen LogP contribution is 2.17. The third kappa shape index (κ3) is 3.52. The van der Waals surface area contributed by atoms with E-state index in [1.807, 2.05) is 0 Å². The number of likely N-dealkylation sites (tertiary alicyclic amines) is 1. The maximum absolute atomic E-state index is 12.1. The molecule has 112 valence electrons. The smallest absolute Gasteiger partial charge is 0.249 e. The molecule has 1 aromatic rings. The Morgan fingerprint density at radius 3 is 2.90 bits per heavy atom. The van der Waals surface area contributed by atoms with Crippen molar-refractivity contribution >= 4 is 29.8 Å². The first kappa shape index (κ1) is 15.3. The Hall–Kier alpha value is -2.08. The molecule has 0 aliphatic carbocycles. The van der Waals surface area contributed by atoms with Crippen molar-refractivity contribution in [1.29, 1.82) is 0 Å². The first-order valence-electron chi connectivity index (χ1n) is 6.60. The SMILES string of the molecule is NC(=O)c1ccc(Cl)cc1CNC(=O)C1CCCN1C=O. The van der Waals surface area contributed by atoms with E-state index >= 15 is 0 Å². The van der Waals surface area contributed by atoms with Crippen LogP contribution in [0.5, 0.6) is 0 Å². The maximum atomic E-state index is 12.1. The topological polar surface area (TPSA) is 92.5 Å². The molecule has 7 heteroatoms. The predicted molar refractivity (Wildman–Crippen MR) is 77.6 cm³/mol. The van der Waals surface area contributed by atoms with Gasteiger partial charge in [0.05, 0.1) is 0 Å². The van der Waals surface area contributed by atoms with Crippen molar-refractivity contribution in [2.45, 2.75) is 25.4 Å². The van der Waals surface area contributed by atoms with Crippen molar-refractivity contribution in [3.8, 4) is 0 Å². The van der Waals surface area contributed by atoms with Gasteiger partial charge in [-0.25, -0.2) is 0 Å². The van der Waals surface area contributed by atoms with E-state index in [1.165, 1.54) is 11.0 Å². The Balaban J connectivity index is 2.06. The number of halogens is 1. The maximum Gasteiger partial charge on any atom is 0.249 e. The van der Waals surface area contributed by atoms with Crippen LogP contribution < -0.4 is 11.1 Å². The molecule has 0 spiro atoms. The largest absolute Gasteiger partial charge is 0.366 e. The zero-order valence-electron chi connectivity index (χ0n) is 11.3. The van der Waals surface area contributed by atoms with Gasteiger partial charge in [0, 0.05) is 23.7 Å². The highest BCUT2D eigenvalue weighted by molar-refractivity contribution is 6.30. The zero-order chi connectivity index (χ0) is 15.4. The van der Waals surface area contributed by atoms with Crippen LogP contribution in [-0.2, 0) is 16.1 Å². The Bertz CT molecular complexity index is 577. The molecule has 0 bridgehead atoms. The molecule has 1 fully saturated rings. The number of primary amides is 1. The fourth-order valence-corrected chi connectivity index (χ4v) is 2.64. The van der Waals surface area contributed by atoms with Gasteiger partial charge in [-0.1, -0.05) is 11.6 Å². The van der Waals surface area contributed by atoms with Crippen molar-refractivity contribution in [3.63, 3.8) is 0 Å². The summed E-state index contributed by atoms with van der Waals surface area (Å²) in [7, 11) is 0. The van der Waals surface area contributed by atoms with Crippen LogP contribution in [0.25, 0.3) is 0 Å². The second-order valence-corrected chi connectivity index (χ2v) is 5.32. The number of benzene rings is 1. The lowest BCUT2D eigenvalue weighted by Crippen LogP contribution is -2.42. The standard InChI is InChI=1S/C14H16ClN3O3/c15-10-3-4-11(13(16)20)9(6-10)7-17-14(21)12-2-1-5-18(12)8-19/h3-4,6,8,12H,1-2,5,7H2,(H2,16,20)(H,17,21). The number of amides is 3.